The van der Waals surface area contributed by atoms with Gasteiger partial charge in [-0.05, 0) is 74.6 Å². The molecule has 3 nitrogen and oxygen atoms in total. The smallest absolute Gasteiger partial charge is 0.124 e. The molecule has 1 saturated heterocycles. The van der Waals surface area contributed by atoms with E-state index >= 15 is 0 Å². The summed E-state index contributed by atoms with van der Waals surface area (Å²) < 4.78 is 24.2. The van der Waals surface area contributed by atoms with E-state index in [1.165, 1.54) is 31.4 Å². The average molecular weight is 370 g/mol. The zero-order chi connectivity index (χ0) is 17.6. The number of hydrogen-bond acceptors (Lipinski definition) is 3. The van der Waals surface area contributed by atoms with Gasteiger partial charge in [0.1, 0.15) is 5.82 Å². The van der Waals surface area contributed by atoms with Crippen molar-refractivity contribution in [2.24, 2.45) is 5.92 Å². The van der Waals surface area contributed by atoms with Crippen LogP contribution in [0.25, 0.3) is 0 Å². The van der Waals surface area contributed by atoms with Crippen molar-refractivity contribution < 1.29 is 13.9 Å². The quantitative estimate of drug-likeness (QED) is 0.798. The Labute approximate surface area is 155 Å². The van der Waals surface area contributed by atoms with Crippen molar-refractivity contribution >= 4 is 11.6 Å². The van der Waals surface area contributed by atoms with Gasteiger partial charge in [-0.2, -0.15) is 0 Å². The normalized spacial score (nSPS) is 30.4. The number of halogens is 2. The molecule has 1 aliphatic carbocycles. The van der Waals surface area contributed by atoms with Crippen molar-refractivity contribution in [1.29, 1.82) is 0 Å². The molecule has 0 aromatic heterocycles. The van der Waals surface area contributed by atoms with E-state index in [9.17, 15) is 4.39 Å². The Morgan fingerprint density at radius 3 is 2.76 bits per heavy atom. The van der Waals surface area contributed by atoms with Gasteiger partial charge in [-0.1, -0.05) is 17.7 Å². The van der Waals surface area contributed by atoms with Crippen LogP contribution in [0.5, 0.6) is 0 Å². The maximum atomic E-state index is 13.2. The second-order valence-corrected chi connectivity index (χ2v) is 7.78. The summed E-state index contributed by atoms with van der Waals surface area (Å²) in [5, 5.41) is 4.24. The Bertz CT molecular complexity index is 548. The molecule has 2 atom stereocenters. The number of hydrogen-bond donors (Lipinski definition) is 1. The summed E-state index contributed by atoms with van der Waals surface area (Å²) in [6.07, 6.45) is 7.14. The third-order valence-corrected chi connectivity index (χ3v) is 6.14. The molecule has 1 N–H and O–H groups in total. The van der Waals surface area contributed by atoms with E-state index in [0.29, 0.717) is 23.6 Å². The Balaban J connectivity index is 1.40. The van der Waals surface area contributed by atoms with Crippen LogP contribution in [0.1, 0.15) is 50.0 Å². The van der Waals surface area contributed by atoms with Crippen LogP contribution in [0.15, 0.2) is 18.2 Å². The van der Waals surface area contributed by atoms with Gasteiger partial charge < -0.3 is 14.8 Å². The average Bonchev–Trinajstić information content (AvgIpc) is 2.63. The number of methoxy groups -OCH3 is 1. The minimum Gasteiger partial charge on any atom is -0.379 e. The highest BCUT2D eigenvalue weighted by atomic mass is 35.5. The van der Waals surface area contributed by atoms with Crippen LogP contribution in [0.4, 0.5) is 4.39 Å². The third kappa shape index (κ3) is 5.16. The van der Waals surface area contributed by atoms with E-state index in [1.807, 2.05) is 6.07 Å². The first-order valence-corrected chi connectivity index (χ1v) is 9.84. The zero-order valence-corrected chi connectivity index (χ0v) is 15.7. The fraction of sp³-hybridized carbons (Fsp3) is 0.700. The molecule has 0 spiro atoms. The minimum absolute atomic E-state index is 0.171. The lowest BCUT2D eigenvalue weighted by Crippen LogP contribution is -2.47. The number of rotatable bonds is 6. The van der Waals surface area contributed by atoms with Crippen molar-refractivity contribution in [3.63, 3.8) is 0 Å². The largest absolute Gasteiger partial charge is 0.379 e. The van der Waals surface area contributed by atoms with Gasteiger partial charge >= 0.3 is 0 Å². The summed E-state index contributed by atoms with van der Waals surface area (Å²) in [7, 11) is 1.76. The predicted octanol–water partition coefficient (Wildman–Crippen LogP) is 4.54. The molecular weight excluding hydrogens is 341 g/mol. The number of benzene rings is 1. The molecule has 140 valence electrons. The van der Waals surface area contributed by atoms with Gasteiger partial charge in [0.15, 0.2) is 0 Å². The standard InChI is InChI=1S/C20H29ClFNO2/c1-24-20-13-25-11-9-19(20)23-10-8-14-2-4-15(5-3-14)17-7-6-16(22)12-18(17)21/h6-7,12,14-15,19-20,23H,2-5,8-11,13H2,1H3/t14-,15+,19-,20+/m0/s1. The molecule has 0 bridgehead atoms. The fourth-order valence-electron chi connectivity index (χ4n) is 4.25. The highest BCUT2D eigenvalue weighted by molar-refractivity contribution is 6.31. The SMILES string of the molecule is CO[C@@H]1COCC[C@@H]1NCC[C@H]1CC[C@@H](c2ccc(F)cc2Cl)CC1. The molecular formula is C20H29ClFNO2. The molecule has 2 aliphatic rings. The third-order valence-electron chi connectivity index (χ3n) is 5.82. The van der Waals surface area contributed by atoms with Gasteiger partial charge in [0.05, 0.1) is 12.7 Å². The summed E-state index contributed by atoms with van der Waals surface area (Å²) in [5.74, 6) is 0.991. The Hall–Kier alpha value is -0.680. The molecule has 0 radical (unpaired) electrons. The lowest BCUT2D eigenvalue weighted by atomic mass is 9.77. The molecule has 1 aromatic rings. The minimum atomic E-state index is -0.254. The molecule has 1 aliphatic heterocycles. The van der Waals surface area contributed by atoms with Crippen LogP contribution in [0.3, 0.4) is 0 Å². The van der Waals surface area contributed by atoms with Crippen molar-refractivity contribution in [2.75, 3.05) is 26.9 Å². The first-order valence-electron chi connectivity index (χ1n) is 9.46. The van der Waals surface area contributed by atoms with E-state index in [0.717, 1.165) is 43.9 Å². The van der Waals surface area contributed by atoms with Crippen LogP contribution in [-0.2, 0) is 9.47 Å². The van der Waals surface area contributed by atoms with Gasteiger partial charge in [0, 0.05) is 24.8 Å². The Morgan fingerprint density at radius 2 is 2.04 bits per heavy atom. The van der Waals surface area contributed by atoms with Crippen molar-refractivity contribution in [2.45, 2.75) is 56.6 Å². The van der Waals surface area contributed by atoms with Crippen molar-refractivity contribution in [3.8, 4) is 0 Å². The van der Waals surface area contributed by atoms with E-state index in [1.54, 1.807) is 7.11 Å². The summed E-state index contributed by atoms with van der Waals surface area (Å²) in [4.78, 5) is 0. The first-order chi connectivity index (χ1) is 12.2. The van der Waals surface area contributed by atoms with Gasteiger partial charge in [-0.3, -0.25) is 0 Å². The maximum Gasteiger partial charge on any atom is 0.124 e. The molecule has 5 heteroatoms. The highest BCUT2D eigenvalue weighted by Crippen LogP contribution is 2.39. The monoisotopic (exact) mass is 369 g/mol. The molecule has 0 unspecified atom stereocenters. The van der Waals surface area contributed by atoms with Crippen LogP contribution < -0.4 is 5.32 Å². The lowest BCUT2D eigenvalue weighted by Gasteiger charge is -2.33. The van der Waals surface area contributed by atoms with Gasteiger partial charge in [-0.15, -0.1) is 0 Å². The maximum absolute atomic E-state index is 13.2. The van der Waals surface area contributed by atoms with Gasteiger partial charge in [-0.25, -0.2) is 4.39 Å². The van der Waals surface area contributed by atoms with Crippen molar-refractivity contribution in [3.05, 3.63) is 34.6 Å². The summed E-state index contributed by atoms with van der Waals surface area (Å²) in [6.45, 7) is 2.55. The van der Waals surface area contributed by atoms with E-state index in [4.69, 9.17) is 21.1 Å². The van der Waals surface area contributed by atoms with Crippen LogP contribution in [0.2, 0.25) is 5.02 Å². The molecule has 0 amide bonds. The van der Waals surface area contributed by atoms with E-state index < -0.39 is 0 Å². The summed E-state index contributed by atoms with van der Waals surface area (Å²) in [5.41, 5.74) is 1.12. The van der Waals surface area contributed by atoms with Crippen LogP contribution in [-0.4, -0.2) is 39.0 Å². The lowest BCUT2D eigenvalue weighted by molar-refractivity contribution is -0.0499. The van der Waals surface area contributed by atoms with Crippen LogP contribution in [0, 0.1) is 11.7 Å². The van der Waals surface area contributed by atoms with Gasteiger partial charge in [0.25, 0.3) is 0 Å². The Morgan fingerprint density at radius 1 is 1.24 bits per heavy atom. The molecule has 2 fully saturated rings. The number of nitrogens with one attached hydrogen (secondary N) is 1. The van der Waals surface area contributed by atoms with E-state index in [-0.39, 0.29) is 11.9 Å². The summed E-state index contributed by atoms with van der Waals surface area (Å²) >= 11 is 6.22. The zero-order valence-electron chi connectivity index (χ0n) is 15.0. The van der Waals surface area contributed by atoms with Crippen LogP contribution >= 0.6 is 11.6 Å². The molecule has 1 heterocycles. The van der Waals surface area contributed by atoms with Gasteiger partial charge in [0.2, 0.25) is 0 Å². The van der Waals surface area contributed by atoms with E-state index in [2.05, 4.69) is 5.32 Å². The number of ether oxygens (including phenoxy) is 2. The van der Waals surface area contributed by atoms with Crippen molar-refractivity contribution in [1.82, 2.24) is 5.32 Å². The molecule has 1 aromatic carbocycles. The predicted molar refractivity (Wildman–Crippen MR) is 98.7 cm³/mol. The Kier molecular flexibility index (Phi) is 7.11. The molecule has 1 saturated carbocycles. The molecule has 25 heavy (non-hydrogen) atoms. The molecule has 3 rings (SSSR count). The first kappa shape index (κ1) is 19.1. The second kappa shape index (κ2) is 9.31. The fourth-order valence-corrected chi connectivity index (χ4v) is 4.57. The topological polar surface area (TPSA) is 30.5 Å². The second-order valence-electron chi connectivity index (χ2n) is 7.37. The highest BCUT2D eigenvalue weighted by Gasteiger charge is 2.27. The summed E-state index contributed by atoms with van der Waals surface area (Å²) in [6, 6.07) is 5.23.